The molecule has 1 N–H and O–H groups in total. The van der Waals surface area contributed by atoms with Crippen LogP contribution in [0, 0.1) is 5.82 Å². The molecule has 0 spiro atoms. The first-order valence-electron chi connectivity index (χ1n) is 5.65. The van der Waals surface area contributed by atoms with E-state index in [2.05, 4.69) is 15.5 Å². The van der Waals surface area contributed by atoms with Crippen molar-refractivity contribution in [3.63, 3.8) is 0 Å². The normalized spacial score (nSPS) is 19.7. The van der Waals surface area contributed by atoms with Gasteiger partial charge in [0.15, 0.2) is 0 Å². The van der Waals surface area contributed by atoms with E-state index in [1.165, 1.54) is 12.1 Å². The third-order valence-corrected chi connectivity index (χ3v) is 2.87. The molecule has 3 rings (SSSR count). The zero-order valence-corrected chi connectivity index (χ0v) is 9.19. The molecule has 1 aliphatic heterocycles. The number of halogens is 1. The molecule has 2 heterocycles. The van der Waals surface area contributed by atoms with E-state index in [0.717, 1.165) is 19.4 Å². The van der Waals surface area contributed by atoms with Gasteiger partial charge in [0, 0.05) is 5.56 Å². The van der Waals surface area contributed by atoms with E-state index < -0.39 is 0 Å². The van der Waals surface area contributed by atoms with Gasteiger partial charge in [0.05, 0.1) is 6.04 Å². The fourth-order valence-electron chi connectivity index (χ4n) is 2.01. The quantitative estimate of drug-likeness (QED) is 0.864. The summed E-state index contributed by atoms with van der Waals surface area (Å²) >= 11 is 0. The van der Waals surface area contributed by atoms with Crippen molar-refractivity contribution in [3.05, 3.63) is 36.0 Å². The minimum atomic E-state index is -0.304. The van der Waals surface area contributed by atoms with Gasteiger partial charge in [0.25, 0.3) is 0 Å². The third kappa shape index (κ3) is 2.06. The molecule has 5 heteroatoms. The molecule has 4 nitrogen and oxygen atoms in total. The van der Waals surface area contributed by atoms with Gasteiger partial charge in [0.2, 0.25) is 11.8 Å². The Morgan fingerprint density at radius 2 is 2.29 bits per heavy atom. The van der Waals surface area contributed by atoms with Crippen molar-refractivity contribution in [3.8, 4) is 11.5 Å². The van der Waals surface area contributed by atoms with Crippen LogP contribution in [0.3, 0.4) is 0 Å². The number of benzene rings is 1. The van der Waals surface area contributed by atoms with Crippen molar-refractivity contribution in [1.82, 2.24) is 15.5 Å². The first-order chi connectivity index (χ1) is 8.33. The fourth-order valence-corrected chi connectivity index (χ4v) is 2.01. The Balaban J connectivity index is 1.89. The van der Waals surface area contributed by atoms with E-state index >= 15 is 0 Å². The molecule has 0 unspecified atom stereocenters. The molecule has 0 amide bonds. The van der Waals surface area contributed by atoms with Gasteiger partial charge < -0.3 is 9.73 Å². The molecule has 0 saturated carbocycles. The molecule has 1 fully saturated rings. The molecule has 0 radical (unpaired) electrons. The third-order valence-electron chi connectivity index (χ3n) is 2.87. The summed E-state index contributed by atoms with van der Waals surface area (Å²) in [5.74, 6) is 0.649. The van der Waals surface area contributed by atoms with Crippen LogP contribution in [-0.4, -0.2) is 16.7 Å². The van der Waals surface area contributed by atoms with E-state index in [4.69, 9.17) is 4.42 Å². The second-order valence-corrected chi connectivity index (χ2v) is 4.10. The SMILES string of the molecule is Fc1cccc(-c2nnc([C@H]3CCCN3)o2)c1. The summed E-state index contributed by atoms with van der Waals surface area (Å²) in [6.45, 7) is 0.975. The molecule has 0 aliphatic carbocycles. The number of aromatic nitrogens is 2. The Morgan fingerprint density at radius 3 is 3.06 bits per heavy atom. The van der Waals surface area contributed by atoms with Gasteiger partial charge in [-0.3, -0.25) is 0 Å². The van der Waals surface area contributed by atoms with Crippen molar-refractivity contribution < 1.29 is 8.81 Å². The summed E-state index contributed by atoms with van der Waals surface area (Å²) in [7, 11) is 0. The Morgan fingerprint density at radius 1 is 1.35 bits per heavy atom. The highest BCUT2D eigenvalue weighted by Crippen LogP contribution is 2.25. The second kappa shape index (κ2) is 4.25. The molecular weight excluding hydrogens is 221 g/mol. The number of nitrogens with one attached hydrogen (secondary N) is 1. The van der Waals surface area contributed by atoms with Crippen molar-refractivity contribution in [2.45, 2.75) is 18.9 Å². The Labute approximate surface area is 97.9 Å². The summed E-state index contributed by atoms with van der Waals surface area (Å²) in [6.07, 6.45) is 2.12. The van der Waals surface area contributed by atoms with Gasteiger partial charge in [-0.2, -0.15) is 0 Å². The summed E-state index contributed by atoms with van der Waals surface area (Å²) in [5.41, 5.74) is 0.613. The zero-order chi connectivity index (χ0) is 11.7. The lowest BCUT2D eigenvalue weighted by molar-refractivity contribution is 0.437. The van der Waals surface area contributed by atoms with E-state index in [9.17, 15) is 4.39 Å². The summed E-state index contributed by atoms with van der Waals surface area (Å²) < 4.78 is 18.6. The zero-order valence-electron chi connectivity index (χ0n) is 9.19. The molecule has 1 aliphatic rings. The van der Waals surface area contributed by atoms with E-state index in [1.807, 2.05) is 0 Å². The first kappa shape index (κ1) is 10.4. The van der Waals surface area contributed by atoms with Crippen LogP contribution in [0.15, 0.2) is 28.7 Å². The molecule has 1 saturated heterocycles. The average molecular weight is 233 g/mol. The Kier molecular flexibility index (Phi) is 2.60. The monoisotopic (exact) mass is 233 g/mol. The van der Waals surface area contributed by atoms with Crippen LogP contribution in [0.4, 0.5) is 4.39 Å². The van der Waals surface area contributed by atoms with Gasteiger partial charge >= 0.3 is 0 Å². The van der Waals surface area contributed by atoms with Gasteiger partial charge in [-0.1, -0.05) is 6.07 Å². The topological polar surface area (TPSA) is 51.0 Å². The van der Waals surface area contributed by atoms with Gasteiger partial charge in [-0.05, 0) is 37.6 Å². The average Bonchev–Trinajstić information content (AvgIpc) is 3.00. The highest BCUT2D eigenvalue weighted by Gasteiger charge is 2.22. The predicted molar refractivity (Wildman–Crippen MR) is 59.7 cm³/mol. The summed E-state index contributed by atoms with van der Waals surface area (Å²) in [6, 6.07) is 6.30. The number of hydrogen-bond acceptors (Lipinski definition) is 4. The highest BCUT2D eigenvalue weighted by molar-refractivity contribution is 5.52. The summed E-state index contributed by atoms with van der Waals surface area (Å²) in [5, 5.41) is 11.2. The maximum atomic E-state index is 13.1. The molecule has 1 aromatic heterocycles. The van der Waals surface area contributed by atoms with Crippen LogP contribution in [0.5, 0.6) is 0 Å². The highest BCUT2D eigenvalue weighted by atomic mass is 19.1. The summed E-state index contributed by atoms with van der Waals surface area (Å²) in [4.78, 5) is 0. The van der Waals surface area contributed by atoms with Crippen LogP contribution in [-0.2, 0) is 0 Å². The van der Waals surface area contributed by atoms with Crippen LogP contribution in [0.25, 0.3) is 11.5 Å². The van der Waals surface area contributed by atoms with Crippen molar-refractivity contribution in [1.29, 1.82) is 0 Å². The number of nitrogens with zero attached hydrogens (tertiary/aromatic N) is 2. The van der Waals surface area contributed by atoms with Crippen molar-refractivity contribution in [2.24, 2.45) is 0 Å². The molecule has 88 valence electrons. The minimum Gasteiger partial charge on any atom is -0.419 e. The first-order valence-corrected chi connectivity index (χ1v) is 5.65. The minimum absolute atomic E-state index is 0.143. The van der Waals surface area contributed by atoms with Crippen LogP contribution in [0.2, 0.25) is 0 Å². The van der Waals surface area contributed by atoms with Crippen molar-refractivity contribution in [2.75, 3.05) is 6.54 Å². The lowest BCUT2D eigenvalue weighted by Gasteiger charge is -2.02. The standard InChI is InChI=1S/C12H12FN3O/c13-9-4-1-3-8(7-9)11-15-16-12(17-11)10-5-2-6-14-10/h1,3-4,7,10,14H,2,5-6H2/t10-/m1/s1. The molecule has 2 aromatic rings. The predicted octanol–water partition coefficient (Wildman–Crippen LogP) is 2.30. The van der Waals surface area contributed by atoms with E-state index in [0.29, 0.717) is 17.3 Å². The number of hydrogen-bond donors (Lipinski definition) is 1. The lowest BCUT2D eigenvalue weighted by Crippen LogP contribution is -2.12. The van der Waals surface area contributed by atoms with Gasteiger partial charge in [-0.15, -0.1) is 10.2 Å². The molecule has 17 heavy (non-hydrogen) atoms. The lowest BCUT2D eigenvalue weighted by atomic mass is 10.2. The fraction of sp³-hybridized carbons (Fsp3) is 0.333. The smallest absolute Gasteiger partial charge is 0.247 e. The maximum absolute atomic E-state index is 13.1. The van der Waals surface area contributed by atoms with Crippen LogP contribution < -0.4 is 5.32 Å². The number of rotatable bonds is 2. The Hall–Kier alpha value is -1.75. The van der Waals surface area contributed by atoms with E-state index in [1.54, 1.807) is 12.1 Å². The van der Waals surface area contributed by atoms with Gasteiger partial charge in [-0.25, -0.2) is 4.39 Å². The molecule has 1 aromatic carbocycles. The van der Waals surface area contributed by atoms with Crippen LogP contribution in [0.1, 0.15) is 24.8 Å². The second-order valence-electron chi connectivity index (χ2n) is 4.10. The van der Waals surface area contributed by atoms with Crippen LogP contribution >= 0.6 is 0 Å². The van der Waals surface area contributed by atoms with Crippen molar-refractivity contribution >= 4 is 0 Å². The van der Waals surface area contributed by atoms with Gasteiger partial charge in [0.1, 0.15) is 5.82 Å². The largest absolute Gasteiger partial charge is 0.419 e. The van der Waals surface area contributed by atoms with E-state index in [-0.39, 0.29) is 11.9 Å². The molecule has 0 bridgehead atoms. The maximum Gasteiger partial charge on any atom is 0.247 e. The molecular formula is C12H12FN3O. The Bertz CT molecular complexity index is 520. The molecule has 1 atom stereocenters.